The van der Waals surface area contributed by atoms with Crippen LogP contribution in [0.25, 0.3) is 0 Å². The van der Waals surface area contributed by atoms with Gasteiger partial charge in [0.15, 0.2) is 5.96 Å². The average molecular weight is 231 g/mol. The molecular formula is C14H21N3. The van der Waals surface area contributed by atoms with Crippen LogP contribution in [0.15, 0.2) is 29.3 Å². The van der Waals surface area contributed by atoms with Crippen molar-refractivity contribution in [1.82, 2.24) is 0 Å². The molecule has 1 aliphatic rings. The Morgan fingerprint density at radius 3 is 2.82 bits per heavy atom. The van der Waals surface area contributed by atoms with E-state index in [0.29, 0.717) is 23.8 Å². The van der Waals surface area contributed by atoms with Gasteiger partial charge in [-0.15, -0.1) is 0 Å². The van der Waals surface area contributed by atoms with Crippen LogP contribution in [0.1, 0.15) is 25.8 Å². The third kappa shape index (κ3) is 3.22. The number of guanidine groups is 1. The summed E-state index contributed by atoms with van der Waals surface area (Å²) in [6.45, 7) is 6.54. The second-order valence-electron chi connectivity index (χ2n) is 5.22. The largest absolute Gasteiger partial charge is 0.370 e. The molecule has 0 radical (unpaired) electrons. The standard InChI is InChI=1S/C14H21N3/c1-9(2)12-8-13(12)17-14(15)16-11-6-4-5-10(3)7-11/h4-7,9,12-13H,8H2,1-3H3,(H3,15,16,17)/t12-,13+/m0/s1. The zero-order valence-electron chi connectivity index (χ0n) is 10.8. The molecule has 1 aromatic carbocycles. The van der Waals surface area contributed by atoms with Crippen LogP contribution in [0.5, 0.6) is 0 Å². The minimum absolute atomic E-state index is 0.423. The fourth-order valence-electron chi connectivity index (χ4n) is 2.15. The number of nitrogens with one attached hydrogen (secondary N) is 1. The van der Waals surface area contributed by atoms with Gasteiger partial charge >= 0.3 is 0 Å². The minimum Gasteiger partial charge on any atom is -0.370 e. The van der Waals surface area contributed by atoms with Crippen LogP contribution in [-0.4, -0.2) is 12.0 Å². The first-order valence-electron chi connectivity index (χ1n) is 6.23. The molecule has 0 unspecified atom stereocenters. The molecule has 0 spiro atoms. The van der Waals surface area contributed by atoms with Gasteiger partial charge in [0.2, 0.25) is 0 Å². The number of nitrogens with two attached hydrogens (primary N) is 1. The molecule has 92 valence electrons. The predicted octanol–water partition coefficient (Wildman–Crippen LogP) is 2.77. The Bertz CT molecular complexity index is 423. The van der Waals surface area contributed by atoms with Crippen molar-refractivity contribution in [3.8, 4) is 0 Å². The zero-order valence-corrected chi connectivity index (χ0v) is 10.8. The fraction of sp³-hybridized carbons (Fsp3) is 0.500. The lowest BCUT2D eigenvalue weighted by molar-refractivity contribution is 0.548. The zero-order chi connectivity index (χ0) is 12.4. The summed E-state index contributed by atoms with van der Waals surface area (Å²) < 4.78 is 0. The van der Waals surface area contributed by atoms with E-state index in [1.165, 1.54) is 12.0 Å². The van der Waals surface area contributed by atoms with E-state index in [4.69, 9.17) is 5.73 Å². The topological polar surface area (TPSA) is 50.4 Å². The van der Waals surface area contributed by atoms with Crippen molar-refractivity contribution >= 4 is 11.6 Å². The van der Waals surface area contributed by atoms with Crippen LogP contribution in [0.4, 0.5) is 5.69 Å². The number of aliphatic imine (C=N–C) groups is 1. The van der Waals surface area contributed by atoms with Crippen molar-refractivity contribution in [3.05, 3.63) is 29.8 Å². The van der Waals surface area contributed by atoms with Gasteiger partial charge in [-0.3, -0.25) is 0 Å². The quantitative estimate of drug-likeness (QED) is 0.621. The average Bonchev–Trinajstić information content (AvgIpc) is 2.96. The number of rotatable bonds is 3. The van der Waals surface area contributed by atoms with Crippen LogP contribution in [0.2, 0.25) is 0 Å². The summed E-state index contributed by atoms with van der Waals surface area (Å²) in [5.74, 6) is 1.95. The molecule has 2 atom stereocenters. The van der Waals surface area contributed by atoms with Gasteiger partial charge in [-0.2, -0.15) is 0 Å². The highest BCUT2D eigenvalue weighted by Gasteiger charge is 2.39. The monoisotopic (exact) mass is 231 g/mol. The first kappa shape index (κ1) is 12.0. The van der Waals surface area contributed by atoms with Gasteiger partial charge in [-0.25, -0.2) is 4.99 Å². The van der Waals surface area contributed by atoms with Crippen molar-refractivity contribution in [3.63, 3.8) is 0 Å². The lowest BCUT2D eigenvalue weighted by Crippen LogP contribution is -2.23. The molecule has 0 heterocycles. The van der Waals surface area contributed by atoms with E-state index in [1.807, 2.05) is 12.1 Å². The summed E-state index contributed by atoms with van der Waals surface area (Å²) in [4.78, 5) is 4.50. The number of nitrogens with zero attached hydrogens (tertiary/aromatic N) is 1. The van der Waals surface area contributed by atoms with Crippen LogP contribution in [-0.2, 0) is 0 Å². The molecule has 1 aliphatic carbocycles. The molecule has 1 fully saturated rings. The second kappa shape index (κ2) is 4.78. The summed E-state index contributed by atoms with van der Waals surface area (Å²) in [7, 11) is 0. The van der Waals surface area contributed by atoms with Crippen molar-refractivity contribution in [1.29, 1.82) is 0 Å². The number of aryl methyl sites for hydroxylation is 1. The Hall–Kier alpha value is -1.51. The van der Waals surface area contributed by atoms with E-state index in [0.717, 1.165) is 5.69 Å². The van der Waals surface area contributed by atoms with E-state index >= 15 is 0 Å². The van der Waals surface area contributed by atoms with Gasteiger partial charge in [0.05, 0.1) is 6.04 Å². The molecule has 0 saturated heterocycles. The fourth-order valence-corrected chi connectivity index (χ4v) is 2.15. The van der Waals surface area contributed by atoms with E-state index in [9.17, 15) is 0 Å². The summed E-state index contributed by atoms with van der Waals surface area (Å²) in [5.41, 5.74) is 8.12. The predicted molar refractivity (Wildman–Crippen MR) is 73.2 cm³/mol. The minimum atomic E-state index is 0.423. The summed E-state index contributed by atoms with van der Waals surface area (Å²) in [5, 5.41) is 3.14. The van der Waals surface area contributed by atoms with Gasteiger partial charge in [0.25, 0.3) is 0 Å². The van der Waals surface area contributed by atoms with Crippen LogP contribution >= 0.6 is 0 Å². The Morgan fingerprint density at radius 1 is 1.47 bits per heavy atom. The number of hydrogen-bond donors (Lipinski definition) is 2. The van der Waals surface area contributed by atoms with E-state index < -0.39 is 0 Å². The molecule has 2 rings (SSSR count). The molecule has 0 aromatic heterocycles. The van der Waals surface area contributed by atoms with Gasteiger partial charge in [0, 0.05) is 5.69 Å². The number of anilines is 1. The highest BCUT2D eigenvalue weighted by Crippen LogP contribution is 2.39. The highest BCUT2D eigenvalue weighted by molar-refractivity contribution is 5.92. The third-order valence-corrected chi connectivity index (χ3v) is 3.26. The molecule has 0 amide bonds. The van der Waals surface area contributed by atoms with E-state index in [1.54, 1.807) is 0 Å². The first-order valence-corrected chi connectivity index (χ1v) is 6.23. The smallest absolute Gasteiger partial charge is 0.193 e. The lowest BCUT2D eigenvalue weighted by atomic mass is 10.1. The van der Waals surface area contributed by atoms with Gasteiger partial charge < -0.3 is 11.1 Å². The van der Waals surface area contributed by atoms with Gasteiger partial charge in [-0.05, 0) is 42.9 Å². The molecule has 3 N–H and O–H groups in total. The Balaban J connectivity index is 1.94. The molecular weight excluding hydrogens is 210 g/mol. The van der Waals surface area contributed by atoms with Crippen LogP contribution in [0, 0.1) is 18.8 Å². The van der Waals surface area contributed by atoms with Crippen molar-refractivity contribution in [2.75, 3.05) is 5.32 Å². The van der Waals surface area contributed by atoms with Crippen LogP contribution < -0.4 is 11.1 Å². The van der Waals surface area contributed by atoms with Crippen molar-refractivity contribution < 1.29 is 0 Å². The summed E-state index contributed by atoms with van der Waals surface area (Å²) in [6, 6.07) is 8.57. The molecule has 0 aliphatic heterocycles. The summed E-state index contributed by atoms with van der Waals surface area (Å²) >= 11 is 0. The molecule has 3 heteroatoms. The Morgan fingerprint density at radius 2 is 2.24 bits per heavy atom. The first-order chi connectivity index (χ1) is 8.06. The molecule has 3 nitrogen and oxygen atoms in total. The van der Waals surface area contributed by atoms with Gasteiger partial charge in [0.1, 0.15) is 0 Å². The van der Waals surface area contributed by atoms with E-state index in [2.05, 4.69) is 43.2 Å². The lowest BCUT2D eigenvalue weighted by Gasteiger charge is -2.06. The number of benzene rings is 1. The highest BCUT2D eigenvalue weighted by atomic mass is 15.1. The molecule has 17 heavy (non-hydrogen) atoms. The molecule has 1 saturated carbocycles. The third-order valence-electron chi connectivity index (χ3n) is 3.26. The normalized spacial score (nSPS) is 23.9. The SMILES string of the molecule is Cc1cccc(NC(N)=N[C@@H]2C[C@H]2C(C)C)c1. The Labute approximate surface area is 103 Å². The molecule has 0 bridgehead atoms. The van der Waals surface area contributed by atoms with Crippen molar-refractivity contribution in [2.24, 2.45) is 22.6 Å². The maximum atomic E-state index is 5.90. The summed E-state index contributed by atoms with van der Waals surface area (Å²) in [6.07, 6.45) is 1.17. The maximum absolute atomic E-state index is 5.90. The maximum Gasteiger partial charge on any atom is 0.193 e. The Kier molecular flexibility index (Phi) is 3.36. The number of hydrogen-bond acceptors (Lipinski definition) is 1. The molecule has 1 aromatic rings. The van der Waals surface area contributed by atoms with E-state index in [-0.39, 0.29) is 0 Å². The van der Waals surface area contributed by atoms with Crippen molar-refractivity contribution in [2.45, 2.75) is 33.2 Å². The van der Waals surface area contributed by atoms with Gasteiger partial charge in [-0.1, -0.05) is 26.0 Å². The van der Waals surface area contributed by atoms with Crippen LogP contribution in [0.3, 0.4) is 0 Å². The second-order valence-corrected chi connectivity index (χ2v) is 5.22.